The van der Waals surface area contributed by atoms with Crippen LogP contribution in [-0.2, 0) is 17.6 Å². The molecule has 1 atom stereocenters. The second kappa shape index (κ2) is 8.80. The van der Waals surface area contributed by atoms with Gasteiger partial charge in [-0.1, -0.05) is 19.9 Å². The van der Waals surface area contributed by atoms with Crippen LogP contribution in [0.3, 0.4) is 0 Å². The molecule has 0 aliphatic heterocycles. The Balaban J connectivity index is 1.71. The quantitative estimate of drug-likeness (QED) is 0.524. The van der Waals surface area contributed by atoms with Crippen LogP contribution in [0.15, 0.2) is 35.1 Å². The van der Waals surface area contributed by atoms with Gasteiger partial charge in [-0.3, -0.25) is 0 Å². The average molecular weight is 439 g/mol. The van der Waals surface area contributed by atoms with E-state index in [4.69, 9.17) is 4.74 Å². The van der Waals surface area contributed by atoms with E-state index < -0.39 is 0 Å². The summed E-state index contributed by atoms with van der Waals surface area (Å²) in [5.74, 6) is 0.238. The van der Waals surface area contributed by atoms with Gasteiger partial charge in [-0.2, -0.15) is 5.10 Å². The van der Waals surface area contributed by atoms with Crippen LogP contribution >= 0.6 is 0 Å². The van der Waals surface area contributed by atoms with Gasteiger partial charge in [0.05, 0.1) is 17.9 Å². The Bertz CT molecular complexity index is 1180. The molecule has 0 saturated heterocycles. The number of methoxy groups -OCH3 is 1. The van der Waals surface area contributed by atoms with E-state index in [0.717, 1.165) is 19.4 Å². The third-order valence-electron chi connectivity index (χ3n) is 6.31. The predicted octanol–water partition coefficient (Wildman–Crippen LogP) is 2.81. The lowest BCUT2D eigenvalue weighted by Crippen LogP contribution is -2.34. The van der Waals surface area contributed by atoms with Crippen molar-refractivity contribution in [3.8, 4) is 28.6 Å². The zero-order valence-corrected chi connectivity index (χ0v) is 18.9. The summed E-state index contributed by atoms with van der Waals surface area (Å²) in [6.45, 7) is 5.46. The number of nitrogens with zero attached hydrogens (tertiary/aromatic N) is 3. The molecule has 0 bridgehead atoms. The highest BCUT2D eigenvalue weighted by Crippen LogP contribution is 2.37. The lowest BCUT2D eigenvalue weighted by atomic mass is 9.98. The van der Waals surface area contributed by atoms with Gasteiger partial charge in [0.2, 0.25) is 0 Å². The van der Waals surface area contributed by atoms with Crippen LogP contribution in [0.1, 0.15) is 36.5 Å². The van der Waals surface area contributed by atoms with E-state index in [-0.39, 0.29) is 23.1 Å². The molecule has 0 fully saturated rings. The summed E-state index contributed by atoms with van der Waals surface area (Å²) in [5.41, 5.74) is 3.85. The van der Waals surface area contributed by atoms with Crippen LogP contribution in [0, 0.1) is 0 Å². The molecule has 8 heteroatoms. The topological polar surface area (TPSA) is 104 Å². The van der Waals surface area contributed by atoms with E-state index in [1.54, 1.807) is 13.2 Å². The number of fused-ring (bicyclic) bond motifs is 1. The van der Waals surface area contributed by atoms with Gasteiger partial charge < -0.3 is 19.8 Å². The lowest BCUT2D eigenvalue weighted by molar-refractivity contribution is 0.141. The number of hydrogen-bond donors (Lipinski definition) is 3. The average Bonchev–Trinajstić information content (AvgIpc) is 3.34. The molecule has 3 aromatic rings. The van der Waals surface area contributed by atoms with Crippen molar-refractivity contribution in [2.75, 3.05) is 27.3 Å². The summed E-state index contributed by atoms with van der Waals surface area (Å²) in [4.78, 5) is 15.0. The highest BCUT2D eigenvalue weighted by atomic mass is 16.5. The molecule has 1 unspecified atom stereocenters. The minimum Gasteiger partial charge on any atom is -0.508 e. The maximum atomic E-state index is 12.7. The number of aromatic hydroxyl groups is 2. The van der Waals surface area contributed by atoms with Crippen molar-refractivity contribution in [1.82, 2.24) is 19.7 Å². The molecular formula is C24H30N4O4. The Labute approximate surface area is 187 Å². The molecule has 1 aromatic heterocycles. The number of nitrogens with one attached hydrogen (secondary N) is 1. The van der Waals surface area contributed by atoms with Gasteiger partial charge in [-0.15, -0.1) is 0 Å². The first-order valence-electron chi connectivity index (χ1n) is 10.8. The van der Waals surface area contributed by atoms with Gasteiger partial charge in [-0.05, 0) is 60.7 Å². The molecule has 2 aromatic carbocycles. The normalized spacial score (nSPS) is 15.6. The van der Waals surface area contributed by atoms with Crippen molar-refractivity contribution in [3.05, 3.63) is 57.5 Å². The summed E-state index contributed by atoms with van der Waals surface area (Å²) in [6.07, 6.45) is 1.85. The Morgan fingerprint density at radius 1 is 1.19 bits per heavy atom. The number of phenols is 2. The molecule has 1 aliphatic carbocycles. The molecule has 32 heavy (non-hydrogen) atoms. The number of aromatic nitrogens is 3. The smallest absolute Gasteiger partial charge is 0.348 e. The molecule has 4 rings (SSSR count). The van der Waals surface area contributed by atoms with Crippen LogP contribution < -0.4 is 5.69 Å². The fourth-order valence-corrected chi connectivity index (χ4v) is 4.40. The minimum absolute atomic E-state index is 0.0202. The first kappa shape index (κ1) is 22.1. The molecular weight excluding hydrogens is 408 g/mol. The summed E-state index contributed by atoms with van der Waals surface area (Å²) < 4.78 is 6.67. The van der Waals surface area contributed by atoms with Crippen molar-refractivity contribution in [2.24, 2.45) is 0 Å². The van der Waals surface area contributed by atoms with E-state index in [1.165, 1.54) is 21.8 Å². The maximum Gasteiger partial charge on any atom is 0.348 e. The largest absolute Gasteiger partial charge is 0.508 e. The molecule has 0 amide bonds. The Hall–Kier alpha value is -3.10. The second-order valence-electron chi connectivity index (χ2n) is 8.76. The number of likely N-dealkylation sites (N-methyl/N-ethyl adjacent to an activating group) is 1. The number of H-pyrrole nitrogens is 1. The number of phenolic OH excluding ortho intramolecular Hbond substituents is 2. The third-order valence-corrected chi connectivity index (χ3v) is 6.31. The van der Waals surface area contributed by atoms with Gasteiger partial charge in [0, 0.05) is 25.8 Å². The van der Waals surface area contributed by atoms with E-state index in [1.807, 2.05) is 26.0 Å². The van der Waals surface area contributed by atoms with Gasteiger partial charge in [0.25, 0.3) is 0 Å². The van der Waals surface area contributed by atoms with Crippen molar-refractivity contribution >= 4 is 0 Å². The molecule has 0 saturated carbocycles. The minimum atomic E-state index is -0.384. The van der Waals surface area contributed by atoms with Crippen molar-refractivity contribution in [2.45, 2.75) is 38.6 Å². The molecule has 8 nitrogen and oxygen atoms in total. The molecule has 0 radical (unpaired) electrons. The first-order valence-corrected chi connectivity index (χ1v) is 10.8. The first-order chi connectivity index (χ1) is 15.3. The van der Waals surface area contributed by atoms with Crippen LogP contribution in [0.25, 0.3) is 17.1 Å². The summed E-state index contributed by atoms with van der Waals surface area (Å²) in [7, 11) is 3.81. The number of rotatable bonds is 7. The Kier molecular flexibility index (Phi) is 6.08. The molecule has 170 valence electrons. The van der Waals surface area contributed by atoms with Gasteiger partial charge in [0.1, 0.15) is 11.5 Å². The number of benzene rings is 2. The monoisotopic (exact) mass is 438 g/mol. The molecule has 3 N–H and O–H groups in total. The zero-order valence-electron chi connectivity index (χ0n) is 18.9. The summed E-state index contributed by atoms with van der Waals surface area (Å²) >= 11 is 0. The Morgan fingerprint density at radius 2 is 1.94 bits per heavy atom. The third kappa shape index (κ3) is 4.03. The van der Waals surface area contributed by atoms with Crippen LogP contribution in [0.2, 0.25) is 0 Å². The van der Waals surface area contributed by atoms with Crippen molar-refractivity contribution in [3.63, 3.8) is 0 Å². The maximum absolute atomic E-state index is 12.7. The highest BCUT2D eigenvalue weighted by molar-refractivity contribution is 5.69. The second-order valence-corrected chi connectivity index (χ2v) is 8.76. The van der Waals surface area contributed by atoms with Gasteiger partial charge in [-0.25, -0.2) is 14.5 Å². The van der Waals surface area contributed by atoms with Crippen LogP contribution in [-0.4, -0.2) is 63.2 Å². The standard InChI is InChI=1S/C24H30N4O4/c1-14(2)19-12-20(22(30)13-21(19)29)23-25-26-24(31)28(23)17-6-5-15-9-18(11-16(15)10-17)27(3)7-8-32-4/h5-6,10,12-14,18,29-30H,7-9,11H2,1-4H3,(H,26,31). The van der Waals surface area contributed by atoms with E-state index in [2.05, 4.69) is 28.2 Å². The number of hydrogen-bond acceptors (Lipinski definition) is 6. The van der Waals surface area contributed by atoms with Crippen LogP contribution in [0.4, 0.5) is 0 Å². The zero-order chi connectivity index (χ0) is 23.0. The molecule has 1 heterocycles. The Morgan fingerprint density at radius 3 is 2.66 bits per heavy atom. The number of ether oxygens (including phenoxy) is 1. The fourth-order valence-electron chi connectivity index (χ4n) is 4.40. The van der Waals surface area contributed by atoms with E-state index in [9.17, 15) is 15.0 Å². The van der Waals surface area contributed by atoms with Crippen molar-refractivity contribution < 1.29 is 14.9 Å². The highest BCUT2D eigenvalue weighted by Gasteiger charge is 2.26. The predicted molar refractivity (Wildman–Crippen MR) is 123 cm³/mol. The van der Waals surface area contributed by atoms with E-state index >= 15 is 0 Å². The summed E-state index contributed by atoms with van der Waals surface area (Å²) in [6, 6.07) is 9.39. The molecule has 0 spiro atoms. The van der Waals surface area contributed by atoms with Gasteiger partial charge in [0.15, 0.2) is 5.82 Å². The van der Waals surface area contributed by atoms with Crippen LogP contribution in [0.5, 0.6) is 11.5 Å². The fraction of sp³-hybridized carbons (Fsp3) is 0.417. The van der Waals surface area contributed by atoms with E-state index in [0.29, 0.717) is 35.3 Å². The van der Waals surface area contributed by atoms with Gasteiger partial charge >= 0.3 is 5.69 Å². The molecule has 1 aliphatic rings. The van der Waals surface area contributed by atoms with Crippen molar-refractivity contribution in [1.29, 1.82) is 0 Å². The summed E-state index contributed by atoms with van der Waals surface area (Å²) in [5, 5.41) is 27.4. The lowest BCUT2D eigenvalue weighted by Gasteiger charge is -2.23. The SMILES string of the molecule is COCCN(C)C1Cc2ccc(-n3c(-c4cc(C(C)C)c(O)cc4O)n[nH]c3=O)cc2C1. The number of aromatic amines is 1.